The lowest BCUT2D eigenvalue weighted by molar-refractivity contribution is 1.18. The monoisotopic (exact) mass is 201 g/mol. The first-order chi connectivity index (χ1) is 7.25. The largest absolute Gasteiger partial charge is 0.398 e. The molecule has 80 valence electrons. The second-order valence-electron chi connectivity index (χ2n) is 3.61. The van der Waals surface area contributed by atoms with Crippen molar-refractivity contribution < 1.29 is 0 Å². The van der Waals surface area contributed by atoms with Crippen LogP contribution >= 0.6 is 0 Å². The van der Waals surface area contributed by atoms with Crippen LogP contribution in [0.25, 0.3) is 0 Å². The van der Waals surface area contributed by atoms with Gasteiger partial charge in [0.05, 0.1) is 0 Å². The zero-order valence-electron chi connectivity index (χ0n) is 9.80. The van der Waals surface area contributed by atoms with Gasteiger partial charge in [0.15, 0.2) is 0 Å². The molecule has 0 amide bonds. The zero-order chi connectivity index (χ0) is 11.3. The highest BCUT2D eigenvalue weighted by Gasteiger charge is 2.17. The van der Waals surface area contributed by atoms with Crippen molar-refractivity contribution in [3.05, 3.63) is 29.3 Å². The maximum absolute atomic E-state index is 5.77. The molecule has 0 aliphatic heterocycles. The number of benzene rings is 1. The second-order valence-corrected chi connectivity index (χ2v) is 3.61. The molecule has 1 aliphatic carbocycles. The van der Waals surface area contributed by atoms with Crippen LogP contribution < -0.4 is 5.73 Å². The van der Waals surface area contributed by atoms with Crippen LogP contribution in [0.15, 0.2) is 18.2 Å². The molecule has 1 aliphatic rings. The molecular formula is C14H19N. The smallest absolute Gasteiger partial charge is 0.0356 e. The van der Waals surface area contributed by atoms with E-state index in [1.807, 2.05) is 39.0 Å². The molecule has 0 radical (unpaired) electrons. The quantitative estimate of drug-likeness (QED) is 0.505. The van der Waals surface area contributed by atoms with Gasteiger partial charge in [-0.1, -0.05) is 31.8 Å². The van der Waals surface area contributed by atoms with E-state index < -0.39 is 0 Å². The van der Waals surface area contributed by atoms with Crippen molar-refractivity contribution >= 4 is 5.69 Å². The molecule has 1 heteroatoms. The van der Waals surface area contributed by atoms with Crippen molar-refractivity contribution in [2.45, 2.75) is 33.6 Å². The summed E-state index contributed by atoms with van der Waals surface area (Å²) < 4.78 is 0. The molecule has 1 fully saturated rings. The molecular weight excluding hydrogens is 182 g/mol. The summed E-state index contributed by atoms with van der Waals surface area (Å²) in [5.41, 5.74) is 8.77. The van der Waals surface area contributed by atoms with E-state index >= 15 is 0 Å². The van der Waals surface area contributed by atoms with Gasteiger partial charge in [0.25, 0.3) is 0 Å². The number of hydrogen-bond donors (Lipinski definition) is 1. The van der Waals surface area contributed by atoms with Gasteiger partial charge in [-0.3, -0.25) is 0 Å². The first-order valence-electron chi connectivity index (χ1n) is 5.63. The van der Waals surface area contributed by atoms with Crippen molar-refractivity contribution in [3.8, 4) is 11.8 Å². The topological polar surface area (TPSA) is 26.0 Å². The predicted octanol–water partition coefficient (Wildman–Crippen LogP) is 3.36. The van der Waals surface area contributed by atoms with E-state index in [4.69, 9.17) is 5.73 Å². The van der Waals surface area contributed by atoms with Gasteiger partial charge >= 0.3 is 0 Å². The third kappa shape index (κ3) is 3.67. The summed E-state index contributed by atoms with van der Waals surface area (Å²) in [6.07, 6.45) is 2.54. The molecule has 0 spiro atoms. The van der Waals surface area contributed by atoms with Crippen LogP contribution in [-0.2, 0) is 0 Å². The maximum Gasteiger partial charge on any atom is 0.0356 e. The second kappa shape index (κ2) is 5.46. The number of aryl methyl sites for hydroxylation is 1. The molecule has 2 rings (SSSR count). The van der Waals surface area contributed by atoms with E-state index in [2.05, 4.69) is 11.8 Å². The average molecular weight is 201 g/mol. The fourth-order valence-electron chi connectivity index (χ4n) is 1.13. The van der Waals surface area contributed by atoms with Crippen molar-refractivity contribution in [2.24, 2.45) is 5.92 Å². The summed E-state index contributed by atoms with van der Waals surface area (Å²) in [4.78, 5) is 0. The molecule has 1 aromatic carbocycles. The van der Waals surface area contributed by atoms with Gasteiger partial charge in [-0.2, -0.15) is 0 Å². The lowest BCUT2D eigenvalue weighted by Gasteiger charge is -1.98. The van der Waals surface area contributed by atoms with E-state index in [-0.39, 0.29) is 0 Å². The SMILES string of the molecule is CC.Cc1ccc(C#CC2CC2)cc1N. The van der Waals surface area contributed by atoms with Crippen molar-refractivity contribution in [1.29, 1.82) is 0 Å². The lowest BCUT2D eigenvalue weighted by atomic mass is 10.1. The Morgan fingerprint density at radius 3 is 2.47 bits per heavy atom. The highest BCUT2D eigenvalue weighted by molar-refractivity contribution is 5.52. The van der Waals surface area contributed by atoms with Gasteiger partial charge in [0, 0.05) is 17.2 Å². The molecule has 15 heavy (non-hydrogen) atoms. The Balaban J connectivity index is 0.000000531. The van der Waals surface area contributed by atoms with Gasteiger partial charge in [-0.25, -0.2) is 0 Å². The Labute approximate surface area is 92.7 Å². The Kier molecular flexibility index (Phi) is 4.24. The maximum atomic E-state index is 5.77. The third-order valence-electron chi connectivity index (χ3n) is 2.28. The number of nitrogens with two attached hydrogens (primary N) is 1. The minimum Gasteiger partial charge on any atom is -0.398 e. The van der Waals surface area contributed by atoms with Crippen LogP contribution in [0.3, 0.4) is 0 Å². The number of rotatable bonds is 0. The summed E-state index contributed by atoms with van der Waals surface area (Å²) >= 11 is 0. The summed E-state index contributed by atoms with van der Waals surface area (Å²) in [5, 5.41) is 0. The molecule has 0 unspecified atom stereocenters. The van der Waals surface area contributed by atoms with Crippen LogP contribution in [0.5, 0.6) is 0 Å². The summed E-state index contributed by atoms with van der Waals surface area (Å²) in [7, 11) is 0. The highest BCUT2D eigenvalue weighted by Crippen LogP contribution is 2.27. The molecule has 0 heterocycles. The van der Waals surface area contributed by atoms with Crippen molar-refractivity contribution in [2.75, 3.05) is 5.73 Å². The molecule has 2 N–H and O–H groups in total. The van der Waals surface area contributed by atoms with Crippen LogP contribution in [0.2, 0.25) is 0 Å². The van der Waals surface area contributed by atoms with Crippen LogP contribution in [-0.4, -0.2) is 0 Å². The Hall–Kier alpha value is -1.42. The first-order valence-corrected chi connectivity index (χ1v) is 5.63. The third-order valence-corrected chi connectivity index (χ3v) is 2.28. The summed E-state index contributed by atoms with van der Waals surface area (Å²) in [6, 6.07) is 6.00. The Morgan fingerprint density at radius 2 is 1.93 bits per heavy atom. The normalized spacial score (nSPS) is 13.3. The van der Waals surface area contributed by atoms with E-state index in [1.54, 1.807) is 0 Å². The zero-order valence-corrected chi connectivity index (χ0v) is 9.80. The van der Waals surface area contributed by atoms with Gasteiger partial charge in [0.2, 0.25) is 0 Å². The Bertz CT molecular complexity index is 378. The van der Waals surface area contributed by atoms with Gasteiger partial charge in [0.1, 0.15) is 0 Å². The molecule has 0 saturated heterocycles. The highest BCUT2D eigenvalue weighted by atomic mass is 14.5. The van der Waals surface area contributed by atoms with Crippen molar-refractivity contribution in [1.82, 2.24) is 0 Å². The van der Waals surface area contributed by atoms with E-state index in [9.17, 15) is 0 Å². The van der Waals surface area contributed by atoms with E-state index in [0.717, 1.165) is 16.8 Å². The van der Waals surface area contributed by atoms with E-state index in [0.29, 0.717) is 5.92 Å². The molecule has 1 aromatic rings. The summed E-state index contributed by atoms with van der Waals surface area (Å²) in [5.74, 6) is 7.01. The average Bonchev–Trinajstić information content (AvgIpc) is 3.07. The number of nitrogen functional groups attached to an aromatic ring is 1. The minimum atomic E-state index is 0.655. The summed E-state index contributed by atoms with van der Waals surface area (Å²) in [6.45, 7) is 6.01. The van der Waals surface area contributed by atoms with Crippen LogP contribution in [0.1, 0.15) is 37.8 Å². The molecule has 0 aromatic heterocycles. The standard InChI is InChI=1S/C12H13N.C2H6/c1-9-2-3-11(8-12(9)13)7-6-10-4-5-10;1-2/h2-3,8,10H,4-5,13H2,1H3;1-2H3. The van der Waals surface area contributed by atoms with Gasteiger partial charge in [-0.05, 0) is 37.5 Å². The minimum absolute atomic E-state index is 0.655. The van der Waals surface area contributed by atoms with Crippen LogP contribution in [0.4, 0.5) is 5.69 Å². The number of hydrogen-bond acceptors (Lipinski definition) is 1. The van der Waals surface area contributed by atoms with E-state index in [1.165, 1.54) is 12.8 Å². The van der Waals surface area contributed by atoms with Crippen LogP contribution in [0, 0.1) is 24.7 Å². The fourth-order valence-corrected chi connectivity index (χ4v) is 1.13. The predicted molar refractivity (Wildman–Crippen MR) is 66.5 cm³/mol. The van der Waals surface area contributed by atoms with Gasteiger partial charge in [-0.15, -0.1) is 0 Å². The van der Waals surface area contributed by atoms with Crippen molar-refractivity contribution in [3.63, 3.8) is 0 Å². The fraction of sp³-hybridized carbons (Fsp3) is 0.429. The first kappa shape index (κ1) is 11.7. The molecule has 0 atom stereocenters. The molecule has 0 bridgehead atoms. The Morgan fingerprint density at radius 1 is 1.27 bits per heavy atom. The lowest BCUT2D eigenvalue weighted by Crippen LogP contribution is -1.89. The molecule has 1 saturated carbocycles. The number of anilines is 1. The molecule has 1 nitrogen and oxygen atoms in total. The van der Waals surface area contributed by atoms with Gasteiger partial charge < -0.3 is 5.73 Å².